The number of carbonyl (C=O) groups excluding carboxylic acids is 1. The molecule has 0 atom stereocenters. The Morgan fingerprint density at radius 2 is 1.80 bits per heavy atom. The number of amides is 1. The van der Waals surface area contributed by atoms with Gasteiger partial charge in [0.25, 0.3) is 5.91 Å². The number of fused-ring (bicyclic) bond motifs is 1. The number of benzene rings is 2. The fourth-order valence-corrected chi connectivity index (χ4v) is 2.56. The highest BCUT2D eigenvalue weighted by atomic mass is 16.2. The van der Waals surface area contributed by atoms with Crippen LogP contribution in [-0.2, 0) is 4.79 Å². The number of rotatable bonds is 3. The van der Waals surface area contributed by atoms with Gasteiger partial charge in [-0.2, -0.15) is 10.2 Å². The van der Waals surface area contributed by atoms with Crippen molar-refractivity contribution in [3.63, 3.8) is 0 Å². The van der Waals surface area contributed by atoms with Crippen molar-refractivity contribution in [2.75, 3.05) is 5.43 Å². The van der Waals surface area contributed by atoms with E-state index >= 15 is 0 Å². The molecular formula is C18H14N6O. The van der Waals surface area contributed by atoms with Crippen molar-refractivity contribution in [2.45, 2.75) is 6.42 Å². The minimum atomic E-state index is -0.328. The summed E-state index contributed by atoms with van der Waals surface area (Å²) in [6.45, 7) is 0. The molecule has 1 aliphatic heterocycles. The van der Waals surface area contributed by atoms with Gasteiger partial charge in [-0.05, 0) is 17.7 Å². The lowest BCUT2D eigenvalue weighted by molar-refractivity contribution is -0.115. The summed E-state index contributed by atoms with van der Waals surface area (Å²) in [6, 6.07) is 17.3. The van der Waals surface area contributed by atoms with Crippen LogP contribution in [0.25, 0.3) is 10.9 Å². The van der Waals surface area contributed by atoms with E-state index in [0.29, 0.717) is 18.0 Å². The smallest absolute Gasteiger partial charge is 0.266 e. The number of nitrogens with zero attached hydrogens (tertiary/aromatic N) is 4. The molecule has 2 N–H and O–H groups in total. The van der Waals surface area contributed by atoms with Crippen molar-refractivity contribution in [1.82, 2.24) is 15.4 Å². The molecular weight excluding hydrogens is 316 g/mol. The molecule has 7 nitrogen and oxygen atoms in total. The quantitative estimate of drug-likeness (QED) is 0.721. The molecule has 7 heteroatoms. The summed E-state index contributed by atoms with van der Waals surface area (Å²) in [4.78, 5) is 20.4. The molecule has 4 rings (SSSR count). The normalized spacial score (nSPS) is 15.8. The molecule has 0 saturated carbocycles. The van der Waals surface area contributed by atoms with Crippen LogP contribution in [0.3, 0.4) is 0 Å². The Balaban J connectivity index is 1.60. The van der Waals surface area contributed by atoms with E-state index in [2.05, 4.69) is 31.0 Å². The highest BCUT2D eigenvalue weighted by Gasteiger charge is 2.21. The average Bonchev–Trinajstić information content (AvgIpc) is 2.68. The number of nitrogens with one attached hydrogen (secondary N) is 2. The van der Waals surface area contributed by atoms with Crippen molar-refractivity contribution in [3.05, 3.63) is 66.5 Å². The molecule has 1 aliphatic rings. The molecule has 1 amide bonds. The van der Waals surface area contributed by atoms with Crippen LogP contribution in [0.5, 0.6) is 0 Å². The maximum absolute atomic E-state index is 12.0. The minimum absolute atomic E-state index is 0.328. The van der Waals surface area contributed by atoms with Gasteiger partial charge in [0.05, 0.1) is 11.2 Å². The molecule has 0 fully saturated rings. The van der Waals surface area contributed by atoms with Crippen LogP contribution in [0.4, 0.5) is 5.82 Å². The van der Waals surface area contributed by atoms with E-state index in [9.17, 15) is 4.79 Å². The van der Waals surface area contributed by atoms with Gasteiger partial charge in [-0.1, -0.05) is 42.5 Å². The fourth-order valence-electron chi connectivity index (χ4n) is 2.56. The molecule has 25 heavy (non-hydrogen) atoms. The molecule has 3 aromatic rings. The van der Waals surface area contributed by atoms with Gasteiger partial charge >= 0.3 is 0 Å². The first-order valence-corrected chi connectivity index (χ1v) is 7.76. The maximum atomic E-state index is 12.0. The molecule has 1 aromatic heterocycles. The van der Waals surface area contributed by atoms with Gasteiger partial charge < -0.3 is 0 Å². The molecule has 2 aromatic carbocycles. The number of para-hydroxylation sites is 1. The van der Waals surface area contributed by atoms with Crippen molar-refractivity contribution in [3.8, 4) is 0 Å². The highest BCUT2D eigenvalue weighted by Crippen LogP contribution is 2.18. The minimum Gasteiger partial charge on any atom is -0.266 e. The summed E-state index contributed by atoms with van der Waals surface area (Å²) in [5, 5.41) is 9.20. The van der Waals surface area contributed by atoms with E-state index in [0.717, 1.165) is 22.2 Å². The second-order valence-electron chi connectivity index (χ2n) is 5.45. The van der Waals surface area contributed by atoms with Crippen molar-refractivity contribution in [1.29, 1.82) is 0 Å². The standard InChI is InChI=1S/C18H14N6O/c25-18-16(10-15(21-24-18)12-6-2-1-3-7-12)22-23-17-13-8-4-5-9-14(13)19-11-20-17/h1-9,11H,10H2,(H,24,25)(H,19,20,23). The Labute approximate surface area is 143 Å². The van der Waals surface area contributed by atoms with Gasteiger partial charge in [0.1, 0.15) is 12.0 Å². The van der Waals surface area contributed by atoms with Gasteiger partial charge in [-0.15, -0.1) is 0 Å². The molecule has 0 saturated heterocycles. The topological polar surface area (TPSA) is 91.6 Å². The molecule has 0 spiro atoms. The molecule has 2 heterocycles. The number of carbonyl (C=O) groups is 1. The van der Waals surface area contributed by atoms with Gasteiger partial charge in [-0.25, -0.2) is 15.4 Å². The summed E-state index contributed by atoms with van der Waals surface area (Å²) in [6.07, 6.45) is 1.80. The molecule has 0 bridgehead atoms. The van der Waals surface area contributed by atoms with Crippen molar-refractivity contribution >= 4 is 34.1 Å². The van der Waals surface area contributed by atoms with E-state index in [1.807, 2.05) is 54.6 Å². The van der Waals surface area contributed by atoms with Gasteiger partial charge in [0.2, 0.25) is 0 Å². The third-order valence-electron chi connectivity index (χ3n) is 3.84. The monoisotopic (exact) mass is 330 g/mol. The van der Waals surface area contributed by atoms with E-state index in [1.54, 1.807) is 0 Å². The van der Waals surface area contributed by atoms with E-state index < -0.39 is 0 Å². The zero-order valence-corrected chi connectivity index (χ0v) is 13.2. The molecule has 0 radical (unpaired) electrons. The highest BCUT2D eigenvalue weighted by molar-refractivity contribution is 6.44. The van der Waals surface area contributed by atoms with Crippen LogP contribution >= 0.6 is 0 Å². The Morgan fingerprint density at radius 3 is 2.68 bits per heavy atom. The number of anilines is 1. The van der Waals surface area contributed by atoms with Crippen LogP contribution in [0, 0.1) is 0 Å². The zero-order chi connectivity index (χ0) is 17.1. The Kier molecular flexibility index (Phi) is 3.88. The van der Waals surface area contributed by atoms with Crippen LogP contribution in [0.2, 0.25) is 0 Å². The van der Waals surface area contributed by atoms with Crippen LogP contribution in [0.15, 0.2) is 71.1 Å². The Morgan fingerprint density at radius 1 is 1.00 bits per heavy atom. The van der Waals surface area contributed by atoms with Crippen LogP contribution < -0.4 is 10.9 Å². The zero-order valence-electron chi connectivity index (χ0n) is 13.2. The Bertz CT molecular complexity index is 991. The molecule has 122 valence electrons. The summed E-state index contributed by atoms with van der Waals surface area (Å²) in [7, 11) is 0. The molecule has 0 aliphatic carbocycles. The average molecular weight is 330 g/mol. The summed E-state index contributed by atoms with van der Waals surface area (Å²) in [5.41, 5.74) is 8.23. The third kappa shape index (κ3) is 3.07. The van der Waals surface area contributed by atoms with Crippen molar-refractivity contribution < 1.29 is 4.79 Å². The first-order valence-electron chi connectivity index (χ1n) is 7.76. The molecule has 0 unspecified atom stereocenters. The lowest BCUT2D eigenvalue weighted by Gasteiger charge is -2.14. The number of aromatic nitrogens is 2. The predicted octanol–water partition coefficient (Wildman–Crippen LogP) is 2.32. The Hall–Kier alpha value is -3.61. The lowest BCUT2D eigenvalue weighted by atomic mass is 10.0. The number of hydrogen-bond donors (Lipinski definition) is 2. The summed E-state index contributed by atoms with van der Waals surface area (Å²) >= 11 is 0. The van der Waals surface area contributed by atoms with Gasteiger partial charge in [0, 0.05) is 11.8 Å². The first kappa shape index (κ1) is 14.9. The van der Waals surface area contributed by atoms with Crippen LogP contribution in [-0.4, -0.2) is 27.3 Å². The second kappa shape index (κ2) is 6.48. The third-order valence-corrected chi connectivity index (χ3v) is 3.84. The first-order chi connectivity index (χ1) is 12.3. The summed E-state index contributed by atoms with van der Waals surface area (Å²) in [5.74, 6) is 0.222. The van der Waals surface area contributed by atoms with E-state index in [1.165, 1.54) is 6.33 Å². The fraction of sp³-hybridized carbons (Fsp3) is 0.0556. The number of hydrogen-bond acceptors (Lipinski definition) is 6. The van der Waals surface area contributed by atoms with Gasteiger partial charge in [-0.3, -0.25) is 10.2 Å². The van der Waals surface area contributed by atoms with E-state index in [4.69, 9.17) is 0 Å². The largest absolute Gasteiger partial charge is 0.287 e. The van der Waals surface area contributed by atoms with Gasteiger partial charge in [0.15, 0.2) is 5.82 Å². The van der Waals surface area contributed by atoms with Crippen molar-refractivity contribution in [2.24, 2.45) is 10.2 Å². The maximum Gasteiger partial charge on any atom is 0.287 e. The lowest BCUT2D eigenvalue weighted by Crippen LogP contribution is -2.35. The second-order valence-corrected chi connectivity index (χ2v) is 5.45. The summed E-state index contributed by atoms with van der Waals surface area (Å²) < 4.78 is 0. The SMILES string of the molecule is O=C1NN=C(c2ccccc2)CC1=NNc1ncnc2ccccc12. The predicted molar refractivity (Wildman–Crippen MR) is 96.3 cm³/mol. The van der Waals surface area contributed by atoms with Crippen LogP contribution in [0.1, 0.15) is 12.0 Å². The van der Waals surface area contributed by atoms with E-state index in [-0.39, 0.29) is 5.91 Å². The number of hydrazone groups is 2.